The van der Waals surface area contributed by atoms with Crippen LogP contribution in [0, 0.1) is 17.0 Å². The number of aromatic nitrogens is 1. The molecular weight excluding hydrogens is 196 g/mol. The first-order valence-electron chi connectivity index (χ1n) is 4.35. The Morgan fingerprint density at radius 1 is 1.33 bits per heavy atom. The normalized spacial score (nSPS) is 10.2. The lowest BCUT2D eigenvalue weighted by Crippen LogP contribution is -1.89. The Morgan fingerprint density at radius 2 is 2.07 bits per heavy atom. The Morgan fingerprint density at radius 3 is 2.73 bits per heavy atom. The standard InChI is InChI=1S/C10H8N2O3/c1-7-4-2-3-5-8(7)9-6-11-15-10(9)12(13)14/h2-6H,1H3. The van der Waals surface area contributed by atoms with Gasteiger partial charge in [0.25, 0.3) is 0 Å². The molecule has 0 aliphatic carbocycles. The number of benzene rings is 1. The molecule has 0 saturated heterocycles. The zero-order valence-corrected chi connectivity index (χ0v) is 8.01. The van der Waals surface area contributed by atoms with Gasteiger partial charge in [-0.15, -0.1) is 0 Å². The van der Waals surface area contributed by atoms with E-state index in [0.717, 1.165) is 11.1 Å². The van der Waals surface area contributed by atoms with E-state index in [1.807, 2.05) is 25.1 Å². The highest BCUT2D eigenvalue weighted by Crippen LogP contribution is 2.31. The van der Waals surface area contributed by atoms with Gasteiger partial charge in [0.1, 0.15) is 10.5 Å². The molecule has 0 radical (unpaired) electrons. The van der Waals surface area contributed by atoms with Crippen molar-refractivity contribution in [1.29, 1.82) is 0 Å². The van der Waals surface area contributed by atoms with Gasteiger partial charge in [-0.25, -0.2) is 0 Å². The third-order valence-electron chi connectivity index (χ3n) is 2.15. The number of nitrogens with zero attached hydrogens (tertiary/aromatic N) is 2. The predicted octanol–water partition coefficient (Wildman–Crippen LogP) is 2.56. The minimum atomic E-state index is -0.575. The molecule has 0 amide bonds. The SMILES string of the molecule is Cc1ccccc1-c1cnoc1[N+](=O)[O-]. The Bertz CT molecular complexity index is 505. The molecule has 0 atom stereocenters. The van der Waals surface area contributed by atoms with E-state index < -0.39 is 4.92 Å². The van der Waals surface area contributed by atoms with Crippen molar-refractivity contribution in [2.24, 2.45) is 0 Å². The predicted molar refractivity (Wildman–Crippen MR) is 53.3 cm³/mol. The van der Waals surface area contributed by atoms with Gasteiger partial charge < -0.3 is 0 Å². The molecule has 15 heavy (non-hydrogen) atoms. The molecule has 0 saturated carbocycles. The fourth-order valence-electron chi connectivity index (χ4n) is 1.42. The zero-order chi connectivity index (χ0) is 10.8. The molecule has 2 rings (SSSR count). The van der Waals surface area contributed by atoms with Crippen LogP contribution in [0.1, 0.15) is 5.56 Å². The molecule has 1 heterocycles. The van der Waals surface area contributed by atoms with E-state index in [0.29, 0.717) is 5.56 Å². The van der Waals surface area contributed by atoms with Gasteiger partial charge in [-0.05, 0) is 18.1 Å². The van der Waals surface area contributed by atoms with Crippen molar-refractivity contribution in [3.05, 3.63) is 46.1 Å². The highest BCUT2D eigenvalue weighted by Gasteiger charge is 2.21. The van der Waals surface area contributed by atoms with E-state index in [4.69, 9.17) is 0 Å². The van der Waals surface area contributed by atoms with Crippen molar-refractivity contribution in [1.82, 2.24) is 5.16 Å². The highest BCUT2D eigenvalue weighted by molar-refractivity contribution is 5.72. The minimum Gasteiger partial charge on any atom is -0.288 e. The maximum Gasteiger partial charge on any atom is 0.463 e. The van der Waals surface area contributed by atoms with Crippen LogP contribution in [0.4, 0.5) is 5.88 Å². The highest BCUT2D eigenvalue weighted by atomic mass is 16.7. The van der Waals surface area contributed by atoms with Crippen LogP contribution < -0.4 is 0 Å². The van der Waals surface area contributed by atoms with E-state index in [-0.39, 0.29) is 5.88 Å². The second-order valence-electron chi connectivity index (χ2n) is 3.12. The van der Waals surface area contributed by atoms with Crippen LogP contribution in [0.15, 0.2) is 35.0 Å². The first-order valence-corrected chi connectivity index (χ1v) is 4.35. The van der Waals surface area contributed by atoms with E-state index >= 15 is 0 Å². The van der Waals surface area contributed by atoms with Crippen molar-refractivity contribution >= 4 is 5.88 Å². The molecule has 0 bridgehead atoms. The summed E-state index contributed by atoms with van der Waals surface area (Å²) < 4.78 is 4.59. The largest absolute Gasteiger partial charge is 0.463 e. The van der Waals surface area contributed by atoms with Gasteiger partial charge in [-0.2, -0.15) is 0 Å². The van der Waals surface area contributed by atoms with E-state index in [9.17, 15) is 10.1 Å². The molecule has 5 heteroatoms. The van der Waals surface area contributed by atoms with Gasteiger partial charge in [0.05, 0.1) is 6.20 Å². The lowest BCUT2D eigenvalue weighted by Gasteiger charge is -1.99. The summed E-state index contributed by atoms with van der Waals surface area (Å²) in [5.41, 5.74) is 2.13. The van der Waals surface area contributed by atoms with Crippen LogP contribution in [0.2, 0.25) is 0 Å². The van der Waals surface area contributed by atoms with E-state index in [1.54, 1.807) is 6.07 Å². The minimum absolute atomic E-state index is 0.315. The van der Waals surface area contributed by atoms with Crippen molar-refractivity contribution < 1.29 is 9.45 Å². The van der Waals surface area contributed by atoms with Gasteiger partial charge in [-0.1, -0.05) is 29.4 Å². The van der Waals surface area contributed by atoms with Crippen molar-refractivity contribution in [3.63, 3.8) is 0 Å². The molecule has 5 nitrogen and oxygen atoms in total. The summed E-state index contributed by atoms with van der Waals surface area (Å²) >= 11 is 0. The fourth-order valence-corrected chi connectivity index (χ4v) is 1.42. The molecule has 0 spiro atoms. The molecule has 1 aromatic carbocycles. The Kier molecular flexibility index (Phi) is 2.21. The molecule has 2 aromatic rings. The van der Waals surface area contributed by atoms with Crippen LogP contribution in [0.5, 0.6) is 0 Å². The molecular formula is C10H8N2O3. The number of hydrogen-bond donors (Lipinski definition) is 0. The molecule has 0 fully saturated rings. The van der Waals surface area contributed by atoms with E-state index in [2.05, 4.69) is 9.68 Å². The van der Waals surface area contributed by atoms with Crippen molar-refractivity contribution in [2.75, 3.05) is 0 Å². The van der Waals surface area contributed by atoms with Crippen LogP contribution >= 0.6 is 0 Å². The summed E-state index contributed by atoms with van der Waals surface area (Å²) in [5.74, 6) is -0.315. The summed E-state index contributed by atoms with van der Waals surface area (Å²) in [5, 5.41) is 14.1. The van der Waals surface area contributed by atoms with E-state index in [1.165, 1.54) is 6.20 Å². The monoisotopic (exact) mass is 204 g/mol. The van der Waals surface area contributed by atoms with Crippen LogP contribution in [-0.2, 0) is 0 Å². The molecule has 0 N–H and O–H groups in total. The third-order valence-corrected chi connectivity index (χ3v) is 2.15. The van der Waals surface area contributed by atoms with Crippen LogP contribution in [0.25, 0.3) is 11.1 Å². The Hall–Kier alpha value is -2.17. The second-order valence-corrected chi connectivity index (χ2v) is 3.12. The maximum atomic E-state index is 10.6. The average molecular weight is 204 g/mol. The molecule has 0 unspecified atom stereocenters. The summed E-state index contributed by atoms with van der Waals surface area (Å²) in [6.07, 6.45) is 1.36. The quantitative estimate of drug-likeness (QED) is 0.556. The number of aryl methyl sites for hydroxylation is 1. The first kappa shape index (κ1) is 9.39. The Balaban J connectivity index is 2.59. The zero-order valence-electron chi connectivity index (χ0n) is 8.01. The maximum absolute atomic E-state index is 10.6. The fraction of sp³-hybridized carbons (Fsp3) is 0.100. The molecule has 0 aliphatic heterocycles. The average Bonchev–Trinajstić information content (AvgIpc) is 2.67. The Labute approximate surface area is 85.5 Å². The summed E-state index contributed by atoms with van der Waals surface area (Å²) in [6, 6.07) is 7.37. The lowest BCUT2D eigenvalue weighted by molar-refractivity contribution is -0.403. The summed E-state index contributed by atoms with van der Waals surface area (Å²) in [7, 11) is 0. The van der Waals surface area contributed by atoms with Crippen molar-refractivity contribution in [2.45, 2.75) is 6.92 Å². The van der Waals surface area contributed by atoms with Gasteiger partial charge in [0.2, 0.25) is 0 Å². The summed E-state index contributed by atoms with van der Waals surface area (Å²) in [4.78, 5) is 10.1. The number of rotatable bonds is 2. The lowest BCUT2D eigenvalue weighted by atomic mass is 10.0. The second kappa shape index (κ2) is 3.53. The molecule has 1 aromatic heterocycles. The van der Waals surface area contributed by atoms with Gasteiger partial charge in [-0.3, -0.25) is 14.6 Å². The first-order chi connectivity index (χ1) is 7.20. The smallest absolute Gasteiger partial charge is 0.288 e. The van der Waals surface area contributed by atoms with Crippen LogP contribution in [0.3, 0.4) is 0 Å². The van der Waals surface area contributed by atoms with Crippen LogP contribution in [-0.4, -0.2) is 10.1 Å². The number of hydrogen-bond acceptors (Lipinski definition) is 4. The van der Waals surface area contributed by atoms with Gasteiger partial charge >= 0.3 is 5.88 Å². The molecule has 0 aliphatic rings. The third kappa shape index (κ3) is 1.59. The van der Waals surface area contributed by atoms with Gasteiger partial charge in [0, 0.05) is 0 Å². The topological polar surface area (TPSA) is 69.2 Å². The summed E-state index contributed by atoms with van der Waals surface area (Å²) in [6.45, 7) is 1.88. The number of nitro groups is 1. The van der Waals surface area contributed by atoms with Crippen molar-refractivity contribution in [3.8, 4) is 11.1 Å². The van der Waals surface area contributed by atoms with Gasteiger partial charge in [0.15, 0.2) is 0 Å². The molecule has 76 valence electrons.